The third-order valence-electron chi connectivity index (χ3n) is 3.93. The first kappa shape index (κ1) is 15.3. The maximum atomic E-state index is 7.15. The molecule has 3 aromatic carbocycles. The summed E-state index contributed by atoms with van der Waals surface area (Å²) in [4.78, 5) is -0.838. The molecule has 3 nitrogen and oxygen atoms in total. The molecule has 0 aliphatic heterocycles. The molecule has 0 aromatic heterocycles. The van der Waals surface area contributed by atoms with Crippen molar-refractivity contribution in [2.45, 2.75) is 4.87 Å². The van der Waals surface area contributed by atoms with E-state index in [0.29, 0.717) is 17.1 Å². The Kier molecular flexibility index (Phi) is 3.89. The minimum Gasteiger partial charge on any atom is -0.399 e. The van der Waals surface area contributed by atoms with E-state index in [-0.39, 0.29) is 0 Å². The molecule has 23 heavy (non-hydrogen) atoms. The molecule has 0 aliphatic carbocycles. The van der Waals surface area contributed by atoms with Gasteiger partial charge in [0.05, 0.1) is 0 Å². The molecule has 0 saturated carbocycles. The smallest absolute Gasteiger partial charge is 0.119 e. The number of rotatable bonds is 3. The van der Waals surface area contributed by atoms with Crippen LogP contribution < -0.4 is 17.2 Å². The summed E-state index contributed by atoms with van der Waals surface area (Å²) in [7, 11) is 0. The first-order valence-corrected chi connectivity index (χ1v) is 7.65. The second-order valence-corrected chi connectivity index (χ2v) is 6.09. The lowest BCUT2D eigenvalue weighted by atomic mass is 9.84. The number of hydrogen-bond acceptors (Lipinski definition) is 3. The van der Waals surface area contributed by atoms with Crippen LogP contribution in [-0.2, 0) is 4.87 Å². The van der Waals surface area contributed by atoms with E-state index in [2.05, 4.69) is 0 Å². The van der Waals surface area contributed by atoms with Gasteiger partial charge in [-0.25, -0.2) is 0 Å². The molecule has 0 atom stereocenters. The van der Waals surface area contributed by atoms with Crippen LogP contribution in [0, 0.1) is 0 Å². The van der Waals surface area contributed by atoms with Crippen molar-refractivity contribution in [1.29, 1.82) is 0 Å². The Morgan fingerprint density at radius 1 is 0.478 bits per heavy atom. The number of halogens is 1. The van der Waals surface area contributed by atoms with Gasteiger partial charge in [-0.2, -0.15) is 0 Å². The van der Waals surface area contributed by atoms with Crippen LogP contribution in [0.2, 0.25) is 0 Å². The van der Waals surface area contributed by atoms with Gasteiger partial charge < -0.3 is 17.2 Å². The lowest BCUT2D eigenvalue weighted by Gasteiger charge is -2.29. The van der Waals surface area contributed by atoms with Crippen molar-refractivity contribution in [2.75, 3.05) is 17.2 Å². The molecule has 0 heterocycles. The third-order valence-corrected chi connectivity index (χ3v) is 4.58. The predicted octanol–water partition coefficient (Wildman–Crippen LogP) is 3.96. The summed E-state index contributed by atoms with van der Waals surface area (Å²) in [5.74, 6) is 0. The average molecular weight is 324 g/mol. The zero-order valence-corrected chi connectivity index (χ0v) is 13.3. The van der Waals surface area contributed by atoms with Crippen molar-refractivity contribution in [1.82, 2.24) is 0 Å². The molecule has 0 radical (unpaired) electrons. The van der Waals surface area contributed by atoms with Gasteiger partial charge in [-0.1, -0.05) is 36.4 Å². The predicted molar refractivity (Wildman–Crippen MR) is 98.3 cm³/mol. The fourth-order valence-corrected chi connectivity index (χ4v) is 3.02. The molecule has 4 heteroatoms. The lowest BCUT2D eigenvalue weighted by Crippen LogP contribution is -2.22. The van der Waals surface area contributed by atoms with Crippen LogP contribution >= 0.6 is 11.6 Å². The van der Waals surface area contributed by atoms with Gasteiger partial charge in [-0.3, -0.25) is 0 Å². The summed E-state index contributed by atoms with van der Waals surface area (Å²) in [6.45, 7) is 0. The summed E-state index contributed by atoms with van der Waals surface area (Å²) in [6, 6.07) is 22.7. The lowest BCUT2D eigenvalue weighted by molar-refractivity contribution is 0.880. The van der Waals surface area contributed by atoms with E-state index in [9.17, 15) is 0 Å². The highest BCUT2D eigenvalue weighted by Crippen LogP contribution is 2.43. The second kappa shape index (κ2) is 5.86. The summed E-state index contributed by atoms with van der Waals surface area (Å²) in [5, 5.41) is 0. The topological polar surface area (TPSA) is 78.1 Å². The monoisotopic (exact) mass is 323 g/mol. The molecule has 0 spiro atoms. The van der Waals surface area contributed by atoms with Crippen molar-refractivity contribution < 1.29 is 0 Å². The van der Waals surface area contributed by atoms with E-state index in [1.807, 2.05) is 72.8 Å². The summed E-state index contributed by atoms with van der Waals surface area (Å²) >= 11 is 7.15. The number of alkyl halides is 1. The first-order valence-electron chi connectivity index (χ1n) is 7.27. The molecule has 116 valence electrons. The molecular weight excluding hydrogens is 306 g/mol. The van der Waals surface area contributed by atoms with E-state index < -0.39 is 4.87 Å². The Hall–Kier alpha value is -2.65. The molecule has 0 fully saturated rings. The Morgan fingerprint density at radius 2 is 0.696 bits per heavy atom. The fraction of sp³-hybridized carbons (Fsp3) is 0.0526. The van der Waals surface area contributed by atoms with Crippen molar-refractivity contribution in [3.05, 3.63) is 89.5 Å². The molecule has 0 bridgehead atoms. The van der Waals surface area contributed by atoms with E-state index in [4.69, 9.17) is 28.8 Å². The molecule has 0 amide bonds. The van der Waals surface area contributed by atoms with Crippen molar-refractivity contribution >= 4 is 28.7 Å². The highest BCUT2D eigenvalue weighted by Gasteiger charge is 2.34. The van der Waals surface area contributed by atoms with Crippen LogP contribution in [0.3, 0.4) is 0 Å². The average Bonchev–Trinajstić information content (AvgIpc) is 2.56. The maximum absolute atomic E-state index is 7.15. The van der Waals surface area contributed by atoms with Crippen molar-refractivity contribution in [2.24, 2.45) is 0 Å². The van der Waals surface area contributed by atoms with Gasteiger partial charge in [0, 0.05) is 17.1 Å². The maximum Gasteiger partial charge on any atom is 0.119 e. The SMILES string of the molecule is Nc1ccc(C(Cl)(c2ccc(N)cc2)c2ccc(N)cc2)cc1. The second-order valence-electron chi connectivity index (χ2n) is 5.52. The highest BCUT2D eigenvalue weighted by molar-refractivity contribution is 6.28. The minimum atomic E-state index is -0.838. The Bertz CT molecular complexity index is 683. The van der Waals surface area contributed by atoms with Gasteiger partial charge in [0.2, 0.25) is 0 Å². The Morgan fingerprint density at radius 3 is 0.913 bits per heavy atom. The highest BCUT2D eigenvalue weighted by atomic mass is 35.5. The fourth-order valence-electron chi connectivity index (χ4n) is 2.64. The normalized spacial score (nSPS) is 11.3. The molecule has 0 unspecified atom stereocenters. The number of nitrogens with two attached hydrogens (primary N) is 3. The molecule has 6 N–H and O–H groups in total. The first-order chi connectivity index (χ1) is 11.0. The molecule has 0 aliphatic rings. The Labute approximate surface area is 140 Å². The van der Waals surface area contributed by atoms with E-state index in [0.717, 1.165) is 16.7 Å². The quantitative estimate of drug-likeness (QED) is 0.388. The number of anilines is 3. The van der Waals surface area contributed by atoms with Gasteiger partial charge in [0.15, 0.2) is 0 Å². The van der Waals surface area contributed by atoms with Crippen LogP contribution in [-0.4, -0.2) is 0 Å². The van der Waals surface area contributed by atoms with E-state index in [1.165, 1.54) is 0 Å². The van der Waals surface area contributed by atoms with Crippen LogP contribution in [0.15, 0.2) is 72.8 Å². The standard InChI is InChI=1S/C19H18ClN3/c20-19(13-1-7-16(21)8-2-13,14-3-9-17(22)10-4-14)15-5-11-18(23)12-6-15/h1-12H,21-23H2. The van der Waals surface area contributed by atoms with Crippen molar-refractivity contribution in [3.63, 3.8) is 0 Å². The van der Waals surface area contributed by atoms with Gasteiger partial charge in [0.1, 0.15) is 4.87 Å². The van der Waals surface area contributed by atoms with Crippen LogP contribution in [0.25, 0.3) is 0 Å². The number of hydrogen-bond donors (Lipinski definition) is 3. The molecule has 3 aromatic rings. The van der Waals surface area contributed by atoms with E-state index >= 15 is 0 Å². The summed E-state index contributed by atoms with van der Waals surface area (Å²) in [5.41, 5.74) is 22.3. The van der Waals surface area contributed by atoms with Gasteiger partial charge in [-0.05, 0) is 53.1 Å². The molecular formula is C19H18ClN3. The number of nitrogen functional groups attached to an aromatic ring is 3. The zero-order chi connectivity index (χ0) is 16.4. The van der Waals surface area contributed by atoms with Crippen LogP contribution in [0.5, 0.6) is 0 Å². The minimum absolute atomic E-state index is 0.697. The molecule has 0 saturated heterocycles. The third kappa shape index (κ3) is 2.83. The zero-order valence-electron chi connectivity index (χ0n) is 12.5. The van der Waals surface area contributed by atoms with Gasteiger partial charge in [0.25, 0.3) is 0 Å². The summed E-state index contributed by atoms with van der Waals surface area (Å²) in [6.07, 6.45) is 0. The largest absolute Gasteiger partial charge is 0.399 e. The van der Waals surface area contributed by atoms with Crippen LogP contribution in [0.1, 0.15) is 16.7 Å². The van der Waals surface area contributed by atoms with Gasteiger partial charge >= 0.3 is 0 Å². The Balaban J connectivity index is 2.21. The van der Waals surface area contributed by atoms with Crippen molar-refractivity contribution in [3.8, 4) is 0 Å². The van der Waals surface area contributed by atoms with Gasteiger partial charge in [-0.15, -0.1) is 11.6 Å². The van der Waals surface area contributed by atoms with Crippen LogP contribution in [0.4, 0.5) is 17.1 Å². The number of benzene rings is 3. The summed E-state index contributed by atoms with van der Waals surface area (Å²) < 4.78 is 0. The van der Waals surface area contributed by atoms with E-state index in [1.54, 1.807) is 0 Å². The molecule has 3 rings (SSSR count).